The minimum atomic E-state index is -0.459. The van der Waals surface area contributed by atoms with E-state index < -0.39 is 5.41 Å². The molecule has 0 amide bonds. The highest BCUT2D eigenvalue weighted by Crippen LogP contribution is 2.37. The Balaban J connectivity index is 1.59. The van der Waals surface area contributed by atoms with Crippen molar-refractivity contribution in [2.24, 2.45) is 5.41 Å². The van der Waals surface area contributed by atoms with Gasteiger partial charge in [0, 0.05) is 11.7 Å². The van der Waals surface area contributed by atoms with Gasteiger partial charge in [0.2, 0.25) is 0 Å². The third-order valence-electron chi connectivity index (χ3n) is 6.22. The van der Waals surface area contributed by atoms with Gasteiger partial charge in [0.1, 0.15) is 5.75 Å². The quantitative estimate of drug-likeness (QED) is 0.582. The Bertz CT molecular complexity index is 810. The summed E-state index contributed by atoms with van der Waals surface area (Å²) in [5, 5.41) is 4.59. The van der Waals surface area contributed by atoms with Crippen LogP contribution in [0.5, 0.6) is 5.75 Å². The molecule has 1 unspecified atom stereocenters. The number of aryl methyl sites for hydroxylation is 2. The highest BCUT2D eigenvalue weighted by molar-refractivity contribution is 5.77. The largest absolute Gasteiger partial charge is 0.494 e. The van der Waals surface area contributed by atoms with Gasteiger partial charge >= 0.3 is 5.97 Å². The van der Waals surface area contributed by atoms with Crippen molar-refractivity contribution in [2.75, 3.05) is 26.3 Å². The Morgan fingerprint density at radius 2 is 1.90 bits per heavy atom. The van der Waals surface area contributed by atoms with E-state index in [9.17, 15) is 4.79 Å². The lowest BCUT2D eigenvalue weighted by Gasteiger charge is -2.42. The fraction of sp³-hybridized carbons (Fsp3) is 0.583. The van der Waals surface area contributed by atoms with E-state index in [1.54, 1.807) is 0 Å². The van der Waals surface area contributed by atoms with Crippen molar-refractivity contribution in [3.63, 3.8) is 0 Å². The van der Waals surface area contributed by atoms with Crippen molar-refractivity contribution < 1.29 is 14.3 Å². The predicted octanol–water partition coefficient (Wildman–Crippen LogP) is 4.00. The van der Waals surface area contributed by atoms with Gasteiger partial charge in [-0.3, -0.25) is 14.4 Å². The van der Waals surface area contributed by atoms with Crippen LogP contribution >= 0.6 is 0 Å². The number of carbonyl (C=O) groups excluding carboxylic acids is 1. The maximum Gasteiger partial charge on any atom is 0.312 e. The third kappa shape index (κ3) is 5.42. The summed E-state index contributed by atoms with van der Waals surface area (Å²) in [5.41, 5.74) is 1.78. The molecule has 1 saturated heterocycles. The zero-order chi connectivity index (χ0) is 21.6. The van der Waals surface area contributed by atoms with Crippen LogP contribution in [-0.4, -0.2) is 53.0 Å². The van der Waals surface area contributed by atoms with Gasteiger partial charge in [0.15, 0.2) is 0 Å². The van der Waals surface area contributed by atoms with Crippen LogP contribution in [0.1, 0.15) is 44.5 Å². The van der Waals surface area contributed by atoms with Crippen molar-refractivity contribution >= 4 is 5.97 Å². The lowest BCUT2D eigenvalue weighted by Crippen LogP contribution is -2.49. The molecule has 0 bridgehead atoms. The molecule has 1 aromatic heterocycles. The van der Waals surface area contributed by atoms with Crippen LogP contribution in [0.3, 0.4) is 0 Å². The molecule has 2 heterocycles. The normalized spacial score (nSPS) is 17.5. The number of hydrogen-bond donors (Lipinski definition) is 0. The Hall–Kier alpha value is -2.34. The number of likely N-dealkylation sites (tertiary alicyclic amines) is 1. The number of nitrogens with zero attached hydrogens (tertiary/aromatic N) is 3. The number of piperidine rings is 1. The highest BCUT2D eigenvalue weighted by Gasteiger charge is 2.43. The first-order valence-electron chi connectivity index (χ1n) is 11.0. The van der Waals surface area contributed by atoms with Gasteiger partial charge in [-0.2, -0.15) is 5.10 Å². The van der Waals surface area contributed by atoms with Crippen LogP contribution in [0, 0.1) is 19.3 Å². The molecule has 6 heteroatoms. The molecule has 30 heavy (non-hydrogen) atoms. The van der Waals surface area contributed by atoms with Gasteiger partial charge in [0.25, 0.3) is 0 Å². The first kappa shape index (κ1) is 22.3. The van der Waals surface area contributed by atoms with Crippen LogP contribution in [0.25, 0.3) is 0 Å². The molecule has 0 saturated carbocycles. The average molecular weight is 414 g/mol. The molecule has 3 rings (SSSR count). The first-order valence-corrected chi connectivity index (χ1v) is 11.0. The van der Waals surface area contributed by atoms with Crippen LogP contribution < -0.4 is 4.74 Å². The van der Waals surface area contributed by atoms with Gasteiger partial charge in [-0.15, -0.1) is 0 Å². The fourth-order valence-corrected chi connectivity index (χ4v) is 4.34. The van der Waals surface area contributed by atoms with E-state index in [1.165, 1.54) is 5.69 Å². The second kappa shape index (κ2) is 10.1. The first-order chi connectivity index (χ1) is 14.4. The Labute approximate surface area is 180 Å². The van der Waals surface area contributed by atoms with Gasteiger partial charge in [-0.1, -0.05) is 18.2 Å². The zero-order valence-electron chi connectivity index (χ0n) is 18.8. The van der Waals surface area contributed by atoms with E-state index in [4.69, 9.17) is 9.47 Å². The fourth-order valence-electron chi connectivity index (χ4n) is 4.34. The summed E-state index contributed by atoms with van der Waals surface area (Å²) in [4.78, 5) is 15.3. The molecule has 0 N–H and O–H groups in total. The van der Waals surface area contributed by atoms with E-state index in [2.05, 4.69) is 34.6 Å². The van der Waals surface area contributed by atoms with Gasteiger partial charge in [-0.05, 0) is 78.2 Å². The standard InChI is InChI=1S/C24H35N3O3/c1-5-29-23(28)24(13-16-30-22-9-7-6-8-10-22)11-14-26(15-12-24)21(4)18-27-20(3)17-19(2)25-27/h6-10,17,21H,5,11-16,18H2,1-4H3. The maximum atomic E-state index is 12.9. The van der Waals surface area contributed by atoms with Crippen molar-refractivity contribution in [3.8, 4) is 5.75 Å². The molecular formula is C24H35N3O3. The molecule has 1 aliphatic rings. The summed E-state index contributed by atoms with van der Waals surface area (Å²) in [6.45, 7) is 11.8. The number of ether oxygens (including phenoxy) is 2. The van der Waals surface area contributed by atoms with Crippen LogP contribution in [0.4, 0.5) is 0 Å². The second-order valence-corrected chi connectivity index (χ2v) is 8.41. The van der Waals surface area contributed by atoms with E-state index in [1.807, 2.05) is 44.2 Å². The van der Waals surface area contributed by atoms with Crippen LogP contribution in [0.15, 0.2) is 36.4 Å². The van der Waals surface area contributed by atoms with Crippen molar-refractivity contribution in [3.05, 3.63) is 47.8 Å². The van der Waals surface area contributed by atoms with E-state index in [-0.39, 0.29) is 5.97 Å². The maximum absolute atomic E-state index is 12.9. The number of benzene rings is 1. The summed E-state index contributed by atoms with van der Waals surface area (Å²) >= 11 is 0. The van der Waals surface area contributed by atoms with E-state index >= 15 is 0 Å². The molecule has 0 radical (unpaired) electrons. The summed E-state index contributed by atoms with van der Waals surface area (Å²) in [7, 11) is 0. The summed E-state index contributed by atoms with van der Waals surface area (Å²) in [6, 6.07) is 12.2. The van der Waals surface area contributed by atoms with Crippen LogP contribution in [0.2, 0.25) is 0 Å². The van der Waals surface area contributed by atoms with Gasteiger partial charge < -0.3 is 9.47 Å². The number of aromatic nitrogens is 2. The lowest BCUT2D eigenvalue weighted by molar-refractivity contribution is -0.160. The Kier molecular flexibility index (Phi) is 7.53. The molecule has 164 valence electrons. The van der Waals surface area contributed by atoms with Gasteiger partial charge in [-0.25, -0.2) is 0 Å². The molecule has 1 aliphatic heterocycles. The molecule has 1 atom stereocenters. The number of para-hydroxylation sites is 1. The van der Waals surface area contributed by atoms with Crippen LogP contribution in [-0.2, 0) is 16.1 Å². The Morgan fingerprint density at radius 3 is 2.50 bits per heavy atom. The number of esters is 1. The number of rotatable bonds is 9. The molecule has 1 aromatic carbocycles. The lowest BCUT2D eigenvalue weighted by atomic mass is 9.75. The highest BCUT2D eigenvalue weighted by atomic mass is 16.5. The van der Waals surface area contributed by atoms with Crippen molar-refractivity contribution in [1.82, 2.24) is 14.7 Å². The average Bonchev–Trinajstić information content (AvgIpc) is 3.06. The predicted molar refractivity (Wildman–Crippen MR) is 118 cm³/mol. The minimum absolute atomic E-state index is 0.0764. The molecule has 1 fully saturated rings. The Morgan fingerprint density at radius 1 is 1.20 bits per heavy atom. The molecule has 2 aromatic rings. The number of hydrogen-bond acceptors (Lipinski definition) is 5. The minimum Gasteiger partial charge on any atom is -0.494 e. The van der Waals surface area contributed by atoms with E-state index in [0.717, 1.165) is 43.9 Å². The molecule has 0 aliphatic carbocycles. The van der Waals surface area contributed by atoms with Gasteiger partial charge in [0.05, 0.1) is 30.9 Å². The second-order valence-electron chi connectivity index (χ2n) is 8.41. The SMILES string of the molecule is CCOC(=O)C1(CCOc2ccccc2)CCN(C(C)Cn2nc(C)cc2C)CC1. The van der Waals surface area contributed by atoms with Crippen molar-refractivity contribution in [2.45, 2.75) is 59.5 Å². The zero-order valence-corrected chi connectivity index (χ0v) is 18.8. The summed E-state index contributed by atoms with van der Waals surface area (Å²) < 4.78 is 13.5. The molecule has 6 nitrogen and oxygen atoms in total. The summed E-state index contributed by atoms with van der Waals surface area (Å²) in [5.74, 6) is 0.764. The summed E-state index contributed by atoms with van der Waals surface area (Å²) in [6.07, 6.45) is 2.28. The smallest absolute Gasteiger partial charge is 0.312 e. The third-order valence-corrected chi connectivity index (χ3v) is 6.22. The topological polar surface area (TPSA) is 56.6 Å². The monoisotopic (exact) mass is 413 g/mol. The number of carbonyl (C=O) groups is 1. The van der Waals surface area contributed by atoms with Crippen molar-refractivity contribution in [1.29, 1.82) is 0 Å². The van der Waals surface area contributed by atoms with E-state index in [0.29, 0.717) is 25.7 Å². The molecular weight excluding hydrogens is 378 g/mol. The molecule has 0 spiro atoms.